The second-order valence-corrected chi connectivity index (χ2v) is 8.57. The largest absolute Gasteiger partial charge is 0.341 e. The molecule has 3 heterocycles. The number of nitrogens with zero attached hydrogens (tertiary/aromatic N) is 3. The lowest BCUT2D eigenvalue weighted by molar-refractivity contribution is 0.202. The summed E-state index contributed by atoms with van der Waals surface area (Å²) in [4.78, 5) is 15.5. The zero-order chi connectivity index (χ0) is 21.9. The summed E-state index contributed by atoms with van der Waals surface area (Å²) in [6.45, 7) is 5.08. The van der Waals surface area contributed by atoms with Gasteiger partial charge in [-0.2, -0.15) is 0 Å². The maximum atomic E-state index is 13.5. The van der Waals surface area contributed by atoms with Crippen molar-refractivity contribution in [2.45, 2.75) is 32.2 Å². The smallest absolute Gasteiger partial charge is 0.123 e. The van der Waals surface area contributed by atoms with Gasteiger partial charge in [0, 0.05) is 35.5 Å². The molecule has 1 aliphatic rings. The van der Waals surface area contributed by atoms with E-state index in [1.165, 1.54) is 17.7 Å². The van der Waals surface area contributed by atoms with E-state index in [2.05, 4.69) is 51.3 Å². The highest BCUT2D eigenvalue weighted by atomic mass is 19.1. The first-order valence-electron chi connectivity index (χ1n) is 11.2. The molecule has 0 amide bonds. The Hall–Kier alpha value is -3.31. The van der Waals surface area contributed by atoms with E-state index in [-0.39, 0.29) is 5.82 Å². The van der Waals surface area contributed by atoms with Gasteiger partial charge in [-0.3, -0.25) is 9.88 Å². The third kappa shape index (κ3) is 4.48. The van der Waals surface area contributed by atoms with E-state index in [1.54, 1.807) is 0 Å². The van der Waals surface area contributed by atoms with Crippen molar-refractivity contribution in [3.63, 3.8) is 0 Å². The van der Waals surface area contributed by atoms with Crippen LogP contribution in [0.25, 0.3) is 22.5 Å². The lowest BCUT2D eigenvalue weighted by Gasteiger charge is -2.31. The van der Waals surface area contributed by atoms with Gasteiger partial charge in [0.1, 0.15) is 11.6 Å². The molecule has 5 heteroatoms. The Labute approximate surface area is 188 Å². The van der Waals surface area contributed by atoms with E-state index in [0.29, 0.717) is 5.92 Å². The number of hydrogen-bond donors (Lipinski definition) is 1. The fourth-order valence-electron chi connectivity index (χ4n) is 4.52. The number of nitrogens with one attached hydrogen (secondary N) is 1. The molecule has 0 unspecified atom stereocenters. The summed E-state index contributed by atoms with van der Waals surface area (Å²) in [6.07, 6.45) is 3.95. The van der Waals surface area contributed by atoms with Gasteiger partial charge in [-0.05, 0) is 74.8 Å². The van der Waals surface area contributed by atoms with Crippen LogP contribution in [0, 0.1) is 12.7 Å². The van der Waals surface area contributed by atoms with Gasteiger partial charge in [-0.25, -0.2) is 9.37 Å². The molecule has 0 atom stereocenters. The van der Waals surface area contributed by atoms with Gasteiger partial charge in [0.2, 0.25) is 0 Å². The van der Waals surface area contributed by atoms with E-state index < -0.39 is 0 Å². The monoisotopic (exact) mass is 426 g/mol. The molecule has 1 fully saturated rings. The molecule has 0 radical (unpaired) electrons. The molecule has 0 bridgehead atoms. The number of benzene rings is 2. The molecule has 2 aromatic heterocycles. The number of aryl methyl sites for hydroxylation is 1. The molecule has 1 saturated heterocycles. The van der Waals surface area contributed by atoms with Crippen LogP contribution in [0.5, 0.6) is 0 Å². The average molecular weight is 427 g/mol. The molecular weight excluding hydrogens is 399 g/mol. The average Bonchev–Trinajstić information content (AvgIpc) is 3.26. The minimum atomic E-state index is -0.236. The lowest BCUT2D eigenvalue weighted by Crippen LogP contribution is -2.32. The Kier molecular flexibility index (Phi) is 5.82. The van der Waals surface area contributed by atoms with Crippen LogP contribution in [0.3, 0.4) is 0 Å². The SMILES string of the molecule is Cc1cc(-c2nc(C3CCN(Cc4ccccc4)CC3)[nH]c2-c2ccc(F)cc2)ccn1. The van der Waals surface area contributed by atoms with E-state index in [1.807, 2.05) is 31.3 Å². The number of hydrogen-bond acceptors (Lipinski definition) is 3. The quantitative estimate of drug-likeness (QED) is 0.428. The van der Waals surface area contributed by atoms with Gasteiger partial charge in [0.15, 0.2) is 0 Å². The van der Waals surface area contributed by atoms with Crippen LogP contribution in [0.2, 0.25) is 0 Å². The van der Waals surface area contributed by atoms with Crippen molar-refractivity contribution in [3.8, 4) is 22.5 Å². The molecule has 0 saturated carbocycles. The Bertz CT molecular complexity index is 1180. The third-order valence-corrected chi connectivity index (χ3v) is 6.25. The van der Waals surface area contributed by atoms with Crippen LogP contribution in [-0.2, 0) is 6.54 Å². The number of halogens is 1. The molecule has 1 N–H and O–H groups in total. The topological polar surface area (TPSA) is 44.8 Å². The maximum absolute atomic E-state index is 13.5. The standard InChI is InChI=1S/C27H27FN4/c1-19-17-23(11-14-29-19)26-25(21-7-9-24(28)10-8-21)30-27(31-26)22-12-15-32(16-13-22)18-20-5-3-2-4-6-20/h2-11,14,17,22H,12-13,15-16,18H2,1H3,(H,30,31). The number of pyridine rings is 1. The fourth-order valence-corrected chi connectivity index (χ4v) is 4.52. The van der Waals surface area contributed by atoms with Crippen LogP contribution >= 0.6 is 0 Å². The minimum absolute atomic E-state index is 0.236. The predicted molar refractivity (Wildman–Crippen MR) is 126 cm³/mol. The first kappa shape index (κ1) is 20.6. The fraction of sp³-hybridized carbons (Fsp3) is 0.259. The Balaban J connectivity index is 1.40. The van der Waals surface area contributed by atoms with Gasteiger partial charge in [-0.1, -0.05) is 30.3 Å². The molecule has 0 aliphatic carbocycles. The summed E-state index contributed by atoms with van der Waals surface area (Å²) in [5.41, 5.74) is 6.13. The van der Waals surface area contributed by atoms with Gasteiger partial charge in [-0.15, -0.1) is 0 Å². The zero-order valence-corrected chi connectivity index (χ0v) is 18.3. The minimum Gasteiger partial charge on any atom is -0.341 e. The Morgan fingerprint density at radius 2 is 1.72 bits per heavy atom. The maximum Gasteiger partial charge on any atom is 0.123 e. The Morgan fingerprint density at radius 3 is 2.44 bits per heavy atom. The molecule has 32 heavy (non-hydrogen) atoms. The summed E-state index contributed by atoms with van der Waals surface area (Å²) >= 11 is 0. The number of H-pyrrole nitrogens is 1. The zero-order valence-electron chi connectivity index (χ0n) is 18.3. The van der Waals surface area contributed by atoms with E-state index in [9.17, 15) is 4.39 Å². The van der Waals surface area contributed by atoms with Crippen molar-refractivity contribution in [2.24, 2.45) is 0 Å². The van der Waals surface area contributed by atoms with Crippen molar-refractivity contribution in [3.05, 3.63) is 95.8 Å². The molecule has 5 rings (SSSR count). The van der Waals surface area contributed by atoms with Crippen LogP contribution in [0.15, 0.2) is 72.9 Å². The van der Waals surface area contributed by atoms with Crippen molar-refractivity contribution in [1.82, 2.24) is 19.9 Å². The summed E-state index contributed by atoms with van der Waals surface area (Å²) in [7, 11) is 0. The van der Waals surface area contributed by atoms with E-state index in [4.69, 9.17) is 4.98 Å². The lowest BCUT2D eigenvalue weighted by atomic mass is 9.96. The molecular formula is C27H27FN4. The summed E-state index contributed by atoms with van der Waals surface area (Å²) in [5, 5.41) is 0. The second-order valence-electron chi connectivity index (χ2n) is 8.57. The van der Waals surface area contributed by atoms with Crippen LogP contribution in [0.4, 0.5) is 4.39 Å². The third-order valence-electron chi connectivity index (χ3n) is 6.25. The van der Waals surface area contributed by atoms with Gasteiger partial charge >= 0.3 is 0 Å². The van der Waals surface area contributed by atoms with Crippen molar-refractivity contribution >= 4 is 0 Å². The van der Waals surface area contributed by atoms with Crippen LogP contribution < -0.4 is 0 Å². The highest BCUT2D eigenvalue weighted by Crippen LogP contribution is 2.35. The molecule has 0 spiro atoms. The van der Waals surface area contributed by atoms with Gasteiger partial charge < -0.3 is 4.98 Å². The van der Waals surface area contributed by atoms with Crippen molar-refractivity contribution in [2.75, 3.05) is 13.1 Å². The van der Waals surface area contributed by atoms with Crippen molar-refractivity contribution in [1.29, 1.82) is 0 Å². The molecule has 2 aromatic carbocycles. The van der Waals surface area contributed by atoms with E-state index >= 15 is 0 Å². The molecule has 4 nitrogen and oxygen atoms in total. The number of imidazole rings is 1. The highest BCUT2D eigenvalue weighted by Gasteiger charge is 2.25. The Morgan fingerprint density at radius 1 is 0.969 bits per heavy atom. The number of piperidine rings is 1. The summed E-state index contributed by atoms with van der Waals surface area (Å²) in [5.74, 6) is 1.17. The second kappa shape index (κ2) is 9.05. The number of aromatic nitrogens is 3. The number of rotatable bonds is 5. The normalized spacial score (nSPS) is 15.2. The molecule has 1 aliphatic heterocycles. The van der Waals surface area contributed by atoms with Crippen LogP contribution in [-0.4, -0.2) is 32.9 Å². The molecule has 162 valence electrons. The number of aromatic amines is 1. The van der Waals surface area contributed by atoms with Gasteiger partial charge in [0.05, 0.1) is 11.4 Å². The first-order valence-corrected chi connectivity index (χ1v) is 11.2. The highest BCUT2D eigenvalue weighted by molar-refractivity contribution is 5.78. The first-order chi connectivity index (χ1) is 15.7. The molecule has 4 aromatic rings. The van der Waals surface area contributed by atoms with E-state index in [0.717, 1.165) is 66.5 Å². The van der Waals surface area contributed by atoms with Gasteiger partial charge in [0.25, 0.3) is 0 Å². The number of likely N-dealkylation sites (tertiary alicyclic amines) is 1. The summed E-state index contributed by atoms with van der Waals surface area (Å²) < 4.78 is 13.5. The summed E-state index contributed by atoms with van der Waals surface area (Å²) in [6, 6.07) is 21.3. The van der Waals surface area contributed by atoms with Crippen LogP contribution in [0.1, 0.15) is 35.8 Å². The van der Waals surface area contributed by atoms with Crippen molar-refractivity contribution < 1.29 is 4.39 Å². The predicted octanol–water partition coefficient (Wildman–Crippen LogP) is 5.97.